The van der Waals surface area contributed by atoms with E-state index < -0.39 is 5.54 Å². The van der Waals surface area contributed by atoms with Crippen LogP contribution in [0, 0.1) is 0 Å². The van der Waals surface area contributed by atoms with Crippen LogP contribution in [0.15, 0.2) is 0 Å². The number of nitrogens with two attached hydrogens (primary N) is 1. The van der Waals surface area contributed by atoms with Crippen LogP contribution in [0.5, 0.6) is 0 Å². The van der Waals surface area contributed by atoms with Crippen LogP contribution in [0.25, 0.3) is 0 Å². The molecule has 0 aromatic carbocycles. The molecule has 1 saturated heterocycles. The molecule has 70 valence electrons. The lowest BCUT2D eigenvalue weighted by Crippen LogP contribution is -2.56. The van der Waals surface area contributed by atoms with Gasteiger partial charge in [-0.2, -0.15) is 0 Å². The third-order valence-corrected chi connectivity index (χ3v) is 2.03. The monoisotopic (exact) mass is 174 g/mol. The highest BCUT2D eigenvalue weighted by Gasteiger charge is 2.35. The molecule has 0 unspecified atom stereocenters. The van der Waals surface area contributed by atoms with E-state index in [1.807, 2.05) is 0 Å². The Balaban J connectivity index is 2.50. The largest absolute Gasteiger partial charge is 0.381 e. The zero-order valence-corrected chi connectivity index (χ0v) is 7.13. The highest BCUT2D eigenvalue weighted by molar-refractivity contribution is 5.85. The average Bonchev–Trinajstić information content (AvgIpc) is 2.06. The van der Waals surface area contributed by atoms with Crippen molar-refractivity contribution < 1.29 is 14.4 Å². The number of ether oxygens (including phenoxy) is 1. The van der Waals surface area contributed by atoms with Gasteiger partial charge in [0.25, 0.3) is 5.91 Å². The molecule has 1 aliphatic rings. The van der Waals surface area contributed by atoms with E-state index in [4.69, 9.17) is 10.5 Å². The molecule has 1 heterocycles. The van der Waals surface area contributed by atoms with Crippen LogP contribution in [0.2, 0.25) is 0 Å². The van der Waals surface area contributed by atoms with Gasteiger partial charge in [-0.3, -0.25) is 9.63 Å². The first kappa shape index (κ1) is 9.44. The maximum Gasteiger partial charge on any atom is 0.263 e. The SMILES string of the molecule is CONC(=O)C1(N)CCOCC1. The molecule has 0 spiro atoms. The molecule has 1 fully saturated rings. The molecule has 5 nitrogen and oxygen atoms in total. The molecule has 0 radical (unpaired) electrons. The molecule has 0 saturated carbocycles. The van der Waals surface area contributed by atoms with Gasteiger partial charge < -0.3 is 10.5 Å². The summed E-state index contributed by atoms with van der Waals surface area (Å²) in [4.78, 5) is 15.8. The predicted octanol–water partition coefficient (Wildman–Crippen LogP) is -0.828. The molecular weight excluding hydrogens is 160 g/mol. The first-order valence-electron chi connectivity index (χ1n) is 3.89. The maximum atomic E-state index is 11.3. The normalized spacial score (nSPS) is 21.8. The number of carbonyl (C=O) groups excluding carboxylic acids is 1. The highest BCUT2D eigenvalue weighted by atomic mass is 16.6. The number of hydrogen-bond donors (Lipinski definition) is 2. The summed E-state index contributed by atoms with van der Waals surface area (Å²) in [5.41, 5.74) is 7.24. The molecule has 5 heteroatoms. The molecular formula is C7H14N2O3. The van der Waals surface area contributed by atoms with Crippen molar-refractivity contribution in [1.29, 1.82) is 0 Å². The second kappa shape index (κ2) is 3.84. The quantitative estimate of drug-likeness (QED) is 0.536. The fraction of sp³-hybridized carbons (Fsp3) is 0.857. The Morgan fingerprint density at radius 1 is 1.58 bits per heavy atom. The minimum Gasteiger partial charge on any atom is -0.381 e. The topological polar surface area (TPSA) is 73.6 Å². The van der Waals surface area contributed by atoms with Gasteiger partial charge in [0.2, 0.25) is 0 Å². The Morgan fingerprint density at radius 2 is 2.17 bits per heavy atom. The average molecular weight is 174 g/mol. The second-order valence-electron chi connectivity index (χ2n) is 2.90. The Hall–Kier alpha value is -0.650. The molecule has 0 aliphatic carbocycles. The van der Waals surface area contributed by atoms with Crippen LogP contribution >= 0.6 is 0 Å². The van der Waals surface area contributed by atoms with E-state index in [1.54, 1.807) is 0 Å². The molecule has 0 aromatic rings. The van der Waals surface area contributed by atoms with Crippen LogP contribution in [-0.4, -0.2) is 31.8 Å². The highest BCUT2D eigenvalue weighted by Crippen LogP contribution is 2.17. The summed E-state index contributed by atoms with van der Waals surface area (Å²) in [5.74, 6) is -0.270. The van der Waals surface area contributed by atoms with Crippen molar-refractivity contribution in [3.63, 3.8) is 0 Å². The molecule has 0 aromatic heterocycles. The van der Waals surface area contributed by atoms with Crippen LogP contribution < -0.4 is 11.2 Å². The van der Waals surface area contributed by atoms with Crippen LogP contribution in [0.4, 0.5) is 0 Å². The van der Waals surface area contributed by atoms with E-state index >= 15 is 0 Å². The van der Waals surface area contributed by atoms with Crippen LogP contribution in [-0.2, 0) is 14.4 Å². The summed E-state index contributed by atoms with van der Waals surface area (Å²) in [5, 5.41) is 0. The summed E-state index contributed by atoms with van der Waals surface area (Å²) in [7, 11) is 1.39. The number of rotatable bonds is 2. The van der Waals surface area contributed by atoms with Gasteiger partial charge in [0.1, 0.15) is 5.54 Å². The summed E-state index contributed by atoms with van der Waals surface area (Å²) in [6.07, 6.45) is 1.09. The fourth-order valence-electron chi connectivity index (χ4n) is 1.16. The molecule has 3 N–H and O–H groups in total. The number of hydroxylamine groups is 1. The van der Waals surface area contributed by atoms with Crippen molar-refractivity contribution in [2.24, 2.45) is 5.73 Å². The Bertz CT molecular complexity index is 166. The molecule has 1 rings (SSSR count). The number of carbonyl (C=O) groups is 1. The third-order valence-electron chi connectivity index (χ3n) is 2.03. The van der Waals surface area contributed by atoms with Gasteiger partial charge in [-0.05, 0) is 12.8 Å². The Morgan fingerprint density at radius 3 is 2.67 bits per heavy atom. The van der Waals surface area contributed by atoms with E-state index in [2.05, 4.69) is 10.3 Å². The van der Waals surface area contributed by atoms with Crippen molar-refractivity contribution in [1.82, 2.24) is 5.48 Å². The first-order valence-corrected chi connectivity index (χ1v) is 3.89. The van der Waals surface area contributed by atoms with Crippen molar-refractivity contribution >= 4 is 5.91 Å². The van der Waals surface area contributed by atoms with Crippen LogP contribution in [0.1, 0.15) is 12.8 Å². The first-order chi connectivity index (χ1) is 5.69. The third kappa shape index (κ3) is 1.94. The summed E-state index contributed by atoms with van der Waals surface area (Å²) in [6, 6.07) is 0. The van der Waals surface area contributed by atoms with E-state index in [0.717, 1.165) is 0 Å². The standard InChI is InChI=1S/C7H14N2O3/c1-11-9-6(10)7(8)2-4-12-5-3-7/h2-5,8H2,1H3,(H,9,10). The summed E-state index contributed by atoms with van der Waals surface area (Å²) < 4.78 is 5.09. The minimum absolute atomic E-state index is 0.270. The van der Waals surface area contributed by atoms with Crippen molar-refractivity contribution in [3.05, 3.63) is 0 Å². The van der Waals surface area contributed by atoms with Gasteiger partial charge in [0.05, 0.1) is 7.11 Å². The molecule has 1 amide bonds. The van der Waals surface area contributed by atoms with Crippen molar-refractivity contribution in [3.8, 4) is 0 Å². The number of hydrogen-bond acceptors (Lipinski definition) is 4. The van der Waals surface area contributed by atoms with Gasteiger partial charge in [-0.25, -0.2) is 5.48 Å². The van der Waals surface area contributed by atoms with Crippen LogP contribution in [0.3, 0.4) is 0 Å². The number of amides is 1. The molecule has 12 heavy (non-hydrogen) atoms. The number of nitrogens with one attached hydrogen (secondary N) is 1. The smallest absolute Gasteiger partial charge is 0.263 e. The van der Waals surface area contributed by atoms with Gasteiger partial charge in [-0.1, -0.05) is 0 Å². The predicted molar refractivity (Wildman–Crippen MR) is 42.1 cm³/mol. The van der Waals surface area contributed by atoms with Gasteiger partial charge in [0, 0.05) is 13.2 Å². The maximum absolute atomic E-state index is 11.3. The zero-order chi connectivity index (χ0) is 9.03. The lowest BCUT2D eigenvalue weighted by Gasteiger charge is -2.31. The van der Waals surface area contributed by atoms with E-state index in [-0.39, 0.29) is 5.91 Å². The second-order valence-corrected chi connectivity index (χ2v) is 2.90. The molecule has 0 atom stereocenters. The van der Waals surface area contributed by atoms with Crippen molar-refractivity contribution in [2.45, 2.75) is 18.4 Å². The van der Waals surface area contributed by atoms with E-state index in [9.17, 15) is 4.79 Å². The summed E-state index contributed by atoms with van der Waals surface area (Å²) >= 11 is 0. The fourth-order valence-corrected chi connectivity index (χ4v) is 1.16. The molecule has 0 bridgehead atoms. The van der Waals surface area contributed by atoms with Gasteiger partial charge in [0.15, 0.2) is 0 Å². The lowest BCUT2D eigenvalue weighted by molar-refractivity contribution is -0.140. The molecule has 1 aliphatic heterocycles. The van der Waals surface area contributed by atoms with Gasteiger partial charge >= 0.3 is 0 Å². The van der Waals surface area contributed by atoms with Crippen molar-refractivity contribution in [2.75, 3.05) is 20.3 Å². The van der Waals surface area contributed by atoms with Gasteiger partial charge in [-0.15, -0.1) is 0 Å². The Labute approximate surface area is 71.2 Å². The van der Waals surface area contributed by atoms with E-state index in [1.165, 1.54) is 7.11 Å². The lowest BCUT2D eigenvalue weighted by atomic mass is 9.91. The minimum atomic E-state index is -0.811. The zero-order valence-electron chi connectivity index (χ0n) is 7.13. The summed E-state index contributed by atoms with van der Waals surface area (Å²) in [6.45, 7) is 1.07. The van der Waals surface area contributed by atoms with E-state index in [0.29, 0.717) is 26.1 Å². The Kier molecular flexibility index (Phi) is 3.02.